The van der Waals surface area contributed by atoms with Gasteiger partial charge in [0.25, 0.3) is 5.91 Å². The zero-order valence-corrected chi connectivity index (χ0v) is 22.3. The van der Waals surface area contributed by atoms with E-state index in [1.165, 1.54) is 12.4 Å². The second kappa shape index (κ2) is 11.1. The van der Waals surface area contributed by atoms with Crippen molar-refractivity contribution < 1.29 is 9.53 Å². The zero-order chi connectivity index (χ0) is 25.9. The van der Waals surface area contributed by atoms with Crippen LogP contribution in [0.2, 0.25) is 10.0 Å². The maximum Gasteiger partial charge on any atom is 0.276 e. The summed E-state index contributed by atoms with van der Waals surface area (Å²) in [4.78, 5) is 19.5. The number of aromatic nitrogens is 5. The predicted octanol–water partition coefficient (Wildman–Crippen LogP) is 5.59. The number of hydrogen-bond donors (Lipinski definition) is 2. The molecule has 1 atom stereocenters. The molecule has 0 bridgehead atoms. The van der Waals surface area contributed by atoms with E-state index in [9.17, 15) is 4.79 Å². The number of aromatic amines is 1. The minimum absolute atomic E-state index is 0.271. The monoisotopic (exact) mass is 541 g/mol. The number of piperidine rings is 1. The number of rotatable bonds is 8. The lowest BCUT2D eigenvalue weighted by Gasteiger charge is -2.30. The first-order chi connectivity index (χ1) is 17.9. The molecule has 1 fully saturated rings. The molecule has 1 aliphatic heterocycles. The number of H-pyrrole nitrogens is 1. The van der Waals surface area contributed by atoms with Gasteiger partial charge in [-0.3, -0.25) is 19.6 Å². The Labute approximate surface area is 225 Å². The molecule has 1 amide bonds. The summed E-state index contributed by atoms with van der Waals surface area (Å²) in [5, 5.41) is 16.0. The van der Waals surface area contributed by atoms with E-state index in [1.54, 1.807) is 18.3 Å². The number of ether oxygens (including phenoxy) is 1. The highest BCUT2D eigenvalue weighted by Crippen LogP contribution is 2.33. The number of fused-ring (bicyclic) bond motifs is 1. The number of amides is 1. The van der Waals surface area contributed by atoms with Gasteiger partial charge in [0.05, 0.1) is 27.4 Å². The summed E-state index contributed by atoms with van der Waals surface area (Å²) in [6.45, 7) is 8.27. The van der Waals surface area contributed by atoms with Crippen LogP contribution >= 0.6 is 23.2 Å². The molecule has 1 aliphatic rings. The fourth-order valence-corrected chi connectivity index (χ4v) is 5.45. The number of nitrogens with zero attached hydrogens (tertiary/aromatic N) is 5. The van der Waals surface area contributed by atoms with Gasteiger partial charge in [-0.1, -0.05) is 30.1 Å². The average molecular weight is 542 g/mol. The van der Waals surface area contributed by atoms with Gasteiger partial charge < -0.3 is 15.0 Å². The molecule has 11 heteroatoms. The minimum Gasteiger partial charge on any atom is -0.486 e. The minimum atomic E-state index is -0.426. The molecule has 2 N–H and O–H groups in total. The number of halogens is 2. The Balaban J connectivity index is 1.26. The molecule has 4 heterocycles. The molecule has 0 saturated carbocycles. The Hall–Kier alpha value is -3.14. The Morgan fingerprint density at radius 2 is 1.97 bits per heavy atom. The summed E-state index contributed by atoms with van der Waals surface area (Å²) in [5.41, 5.74) is 2.28. The molecular weight excluding hydrogens is 513 g/mol. The smallest absolute Gasteiger partial charge is 0.276 e. The van der Waals surface area contributed by atoms with E-state index in [4.69, 9.17) is 27.9 Å². The van der Waals surface area contributed by atoms with Gasteiger partial charge in [0.1, 0.15) is 11.9 Å². The lowest BCUT2D eigenvalue weighted by atomic mass is 9.97. The highest BCUT2D eigenvalue weighted by atomic mass is 35.5. The van der Waals surface area contributed by atoms with E-state index in [0.29, 0.717) is 38.3 Å². The summed E-state index contributed by atoms with van der Waals surface area (Å²) in [7, 11) is 0. The quantitative estimate of drug-likeness (QED) is 0.301. The molecule has 3 aromatic heterocycles. The normalized spacial score (nSPS) is 15.7. The lowest BCUT2D eigenvalue weighted by Crippen LogP contribution is -2.34. The number of anilines is 1. The summed E-state index contributed by atoms with van der Waals surface area (Å²) in [5.74, 6) is 0.827. The second-order valence-corrected chi connectivity index (χ2v) is 10.2. The van der Waals surface area contributed by atoms with Crippen LogP contribution in [-0.2, 0) is 6.54 Å². The molecule has 1 aromatic carbocycles. The Morgan fingerprint density at radius 1 is 1.22 bits per heavy atom. The van der Waals surface area contributed by atoms with E-state index in [2.05, 4.69) is 37.4 Å². The van der Waals surface area contributed by atoms with Crippen molar-refractivity contribution in [3.05, 3.63) is 64.3 Å². The van der Waals surface area contributed by atoms with Crippen LogP contribution < -0.4 is 10.1 Å². The molecule has 1 saturated heterocycles. The molecule has 5 rings (SSSR count). The Morgan fingerprint density at radius 3 is 2.70 bits per heavy atom. The van der Waals surface area contributed by atoms with Gasteiger partial charge in [0, 0.05) is 36.1 Å². The highest BCUT2D eigenvalue weighted by molar-refractivity contribution is 6.35. The van der Waals surface area contributed by atoms with Gasteiger partial charge in [-0.2, -0.15) is 10.2 Å². The van der Waals surface area contributed by atoms with Crippen molar-refractivity contribution in [3.63, 3.8) is 0 Å². The largest absolute Gasteiger partial charge is 0.486 e. The van der Waals surface area contributed by atoms with Crippen molar-refractivity contribution in [1.29, 1.82) is 0 Å². The molecule has 0 aliphatic carbocycles. The van der Waals surface area contributed by atoms with E-state index in [-0.39, 0.29) is 11.6 Å². The Kier molecular flexibility index (Phi) is 7.64. The molecule has 0 spiro atoms. The third kappa shape index (κ3) is 5.74. The number of benzene rings is 1. The molecule has 194 valence electrons. The molecular formula is C26H29Cl2N7O2. The van der Waals surface area contributed by atoms with Crippen molar-refractivity contribution in [2.75, 3.05) is 25.0 Å². The lowest BCUT2D eigenvalue weighted by molar-refractivity contribution is 0.102. The van der Waals surface area contributed by atoms with Crippen LogP contribution in [0.4, 0.5) is 5.69 Å². The SMILES string of the molecule is CCN1CCC(Cn2cc(NC(=O)c3n[nH]c4ccc(OC(C)c5c(Cl)cncc5Cl)cc34)cn2)CC1. The third-order valence-corrected chi connectivity index (χ3v) is 7.45. The third-order valence-electron chi connectivity index (χ3n) is 6.85. The first kappa shape index (κ1) is 25.5. The second-order valence-electron chi connectivity index (χ2n) is 9.34. The van der Waals surface area contributed by atoms with Crippen LogP contribution in [0.5, 0.6) is 5.75 Å². The fourth-order valence-electron chi connectivity index (χ4n) is 4.78. The molecule has 9 nitrogen and oxygen atoms in total. The summed E-state index contributed by atoms with van der Waals surface area (Å²) < 4.78 is 8.01. The molecule has 0 radical (unpaired) electrons. The van der Waals surface area contributed by atoms with Crippen LogP contribution in [0.15, 0.2) is 43.0 Å². The van der Waals surface area contributed by atoms with Gasteiger partial charge in [0.15, 0.2) is 5.69 Å². The van der Waals surface area contributed by atoms with Crippen LogP contribution in [0.25, 0.3) is 10.9 Å². The maximum absolute atomic E-state index is 13.1. The number of hydrogen-bond acceptors (Lipinski definition) is 6. The molecule has 1 unspecified atom stereocenters. The van der Waals surface area contributed by atoms with Crippen molar-refractivity contribution in [2.24, 2.45) is 5.92 Å². The first-order valence-corrected chi connectivity index (χ1v) is 13.2. The van der Waals surface area contributed by atoms with E-state index >= 15 is 0 Å². The van der Waals surface area contributed by atoms with Gasteiger partial charge in [-0.05, 0) is 63.5 Å². The van der Waals surface area contributed by atoms with E-state index in [1.807, 2.05) is 23.9 Å². The van der Waals surface area contributed by atoms with Crippen molar-refractivity contribution in [1.82, 2.24) is 29.9 Å². The molecule has 37 heavy (non-hydrogen) atoms. The first-order valence-electron chi connectivity index (χ1n) is 12.4. The predicted molar refractivity (Wildman–Crippen MR) is 144 cm³/mol. The molecule has 4 aromatic rings. The summed E-state index contributed by atoms with van der Waals surface area (Å²) in [6.07, 6.45) is 8.51. The average Bonchev–Trinajstić information content (AvgIpc) is 3.51. The van der Waals surface area contributed by atoms with E-state index in [0.717, 1.165) is 44.5 Å². The summed E-state index contributed by atoms with van der Waals surface area (Å²) in [6, 6.07) is 5.40. The maximum atomic E-state index is 13.1. The number of carbonyl (C=O) groups is 1. The van der Waals surface area contributed by atoms with Crippen LogP contribution in [0.3, 0.4) is 0 Å². The standard InChI is InChI=1S/C26H29Cl2N7O2/c1-3-34-8-6-17(7-9-34)14-35-15-18(11-30-35)31-26(36)25-20-10-19(4-5-23(20)32-33-25)37-16(2)24-21(27)12-29-13-22(24)28/h4-5,10-13,15-17H,3,6-9,14H2,1-2H3,(H,31,36)(H,32,33). The van der Waals surface area contributed by atoms with Gasteiger partial charge in [-0.15, -0.1) is 0 Å². The number of nitrogens with one attached hydrogen (secondary N) is 2. The zero-order valence-electron chi connectivity index (χ0n) is 20.7. The highest BCUT2D eigenvalue weighted by Gasteiger charge is 2.21. The topological polar surface area (TPSA) is 101 Å². The van der Waals surface area contributed by atoms with E-state index < -0.39 is 6.10 Å². The van der Waals surface area contributed by atoms with Crippen molar-refractivity contribution >= 4 is 45.7 Å². The fraction of sp³-hybridized carbons (Fsp3) is 0.385. The Bertz CT molecular complexity index is 1370. The van der Waals surface area contributed by atoms with Gasteiger partial charge >= 0.3 is 0 Å². The number of carbonyl (C=O) groups excluding carboxylic acids is 1. The van der Waals surface area contributed by atoms with Crippen molar-refractivity contribution in [2.45, 2.75) is 39.3 Å². The number of likely N-dealkylation sites (tertiary alicyclic amines) is 1. The number of pyridine rings is 1. The van der Waals surface area contributed by atoms with Gasteiger partial charge in [0.2, 0.25) is 0 Å². The van der Waals surface area contributed by atoms with Crippen LogP contribution in [-0.4, -0.2) is 55.4 Å². The van der Waals surface area contributed by atoms with Crippen LogP contribution in [0, 0.1) is 5.92 Å². The van der Waals surface area contributed by atoms with Gasteiger partial charge in [-0.25, -0.2) is 0 Å². The van der Waals surface area contributed by atoms with Crippen molar-refractivity contribution in [3.8, 4) is 5.75 Å². The van der Waals surface area contributed by atoms with Crippen LogP contribution in [0.1, 0.15) is 48.8 Å². The summed E-state index contributed by atoms with van der Waals surface area (Å²) >= 11 is 12.6.